The van der Waals surface area contributed by atoms with Gasteiger partial charge in [0.25, 0.3) is 20.0 Å². The van der Waals surface area contributed by atoms with Gasteiger partial charge in [0.2, 0.25) is 0 Å². The number of aryl methyl sites for hydroxylation is 2. The number of nitrogens with zero attached hydrogens (tertiary/aromatic N) is 2. The van der Waals surface area contributed by atoms with Crippen molar-refractivity contribution in [3.8, 4) is 11.5 Å². The molecule has 10 aliphatic rings. The highest BCUT2D eigenvalue weighted by Gasteiger charge is 2.32. The Kier molecular flexibility index (Phi) is 15.6. The zero-order chi connectivity index (χ0) is 55.7. The van der Waals surface area contributed by atoms with Gasteiger partial charge in [0.15, 0.2) is 0 Å². The smallest absolute Gasteiger partial charge is 0.264 e. The van der Waals surface area contributed by atoms with Crippen LogP contribution in [0.25, 0.3) is 0 Å². The first-order valence-electron chi connectivity index (χ1n) is 27.1. The first kappa shape index (κ1) is 55.6. The molecule has 8 nitrogen and oxygen atoms in total. The van der Waals surface area contributed by atoms with Crippen LogP contribution in [0, 0.1) is 13.8 Å². The second-order valence-corrected chi connectivity index (χ2v) is 26.7. The van der Waals surface area contributed by atoms with Gasteiger partial charge in [-0.2, -0.15) is 0 Å². The topological polar surface area (TPSA) is 93.2 Å². The summed E-state index contributed by atoms with van der Waals surface area (Å²) in [6.45, 7) is 22.6. The summed E-state index contributed by atoms with van der Waals surface area (Å²) in [6.07, 6.45) is 0.931. The summed E-state index contributed by atoms with van der Waals surface area (Å²) in [4.78, 5) is 0.477. The number of ether oxygens (including phenoxy) is 2. The Balaban J connectivity index is 1.04. The summed E-state index contributed by atoms with van der Waals surface area (Å²) in [6, 6.07) is 63.8. The van der Waals surface area contributed by atoms with Gasteiger partial charge in [0.1, 0.15) is 11.5 Å². The standard InChI is InChI=1S/C68H74N2O6S2/c1-49-13-41-63(42-14-49)77(71,72)69-45-11-47-75-61-37-29-57(30-38-61)67(7,8)53-21-23-54(24-22-53)68(9,10)58-31-39-62(40-32-58)76-48-12-46-70(78(73,74)64-43-15-50(2)16-44-64)60-35-27-56(28-36-60)66(5,6)52-19-17-51(18-20-52)65(3,4)55-25-33-59(69)34-26-55/h13-44H,11-12,45-48H2,1-10H3. The van der Waals surface area contributed by atoms with Gasteiger partial charge in [-0.1, -0.05) is 188 Å². The van der Waals surface area contributed by atoms with Crippen molar-refractivity contribution in [3.05, 3.63) is 250 Å². The molecule has 0 N–H and O–H groups in total. The molecule has 0 aliphatic carbocycles. The predicted molar refractivity (Wildman–Crippen MR) is 319 cm³/mol. The van der Waals surface area contributed by atoms with Crippen molar-refractivity contribution in [1.29, 1.82) is 0 Å². The number of sulfonamides is 2. The highest BCUT2D eigenvalue weighted by atomic mass is 32.2. The van der Waals surface area contributed by atoms with Gasteiger partial charge in [-0.25, -0.2) is 16.8 Å². The fourth-order valence-corrected chi connectivity index (χ4v) is 13.6. The number of hydrogen-bond donors (Lipinski definition) is 0. The van der Waals surface area contributed by atoms with Crippen LogP contribution in [0.15, 0.2) is 204 Å². The van der Waals surface area contributed by atoms with Crippen molar-refractivity contribution in [2.75, 3.05) is 34.9 Å². The third-order valence-electron chi connectivity index (χ3n) is 16.3. The highest BCUT2D eigenvalue weighted by molar-refractivity contribution is 7.93. The zero-order valence-corrected chi connectivity index (χ0v) is 48.5. The van der Waals surface area contributed by atoms with E-state index in [1.165, 1.54) is 19.7 Å². The van der Waals surface area contributed by atoms with Crippen LogP contribution in [0.5, 0.6) is 11.5 Å². The van der Waals surface area contributed by atoms with Crippen molar-refractivity contribution >= 4 is 31.4 Å². The number of anilines is 2. The number of rotatable bonds is 4. The predicted octanol–water partition coefficient (Wildman–Crippen LogP) is 15.2. The second kappa shape index (κ2) is 21.9. The lowest BCUT2D eigenvalue weighted by Gasteiger charge is -2.31. The van der Waals surface area contributed by atoms with Crippen LogP contribution in [-0.4, -0.2) is 43.1 Å². The van der Waals surface area contributed by atoms with E-state index in [1.807, 2.05) is 111 Å². The zero-order valence-electron chi connectivity index (χ0n) is 46.9. The van der Waals surface area contributed by atoms with Crippen molar-refractivity contribution in [2.45, 2.75) is 114 Å². The molecule has 10 heterocycles. The molecule has 0 saturated carbocycles. The Morgan fingerprint density at radius 1 is 0.321 bits per heavy atom. The first-order chi connectivity index (χ1) is 37.0. The summed E-state index contributed by atoms with van der Waals surface area (Å²) < 4.78 is 73.4. The molecule has 0 radical (unpaired) electrons. The molecule has 0 amide bonds. The van der Waals surface area contributed by atoms with Crippen LogP contribution in [0.1, 0.15) is 124 Å². The average molecular weight is 1080 g/mol. The summed E-state index contributed by atoms with van der Waals surface area (Å²) in [5.74, 6) is 1.45. The molecular weight excluding hydrogens is 1000 g/mol. The minimum Gasteiger partial charge on any atom is -0.494 e. The van der Waals surface area contributed by atoms with Crippen LogP contribution >= 0.6 is 0 Å². The minimum absolute atomic E-state index is 0.224. The molecular formula is C68H74N2O6S2. The monoisotopic (exact) mass is 1080 g/mol. The Morgan fingerprint density at radius 3 is 0.782 bits per heavy atom. The Labute approximate surface area is 464 Å². The molecule has 0 spiro atoms. The SMILES string of the molecule is Cc1ccc(S(=O)(=O)N2CCCOc3ccc(cc3)C(C)(C)c3ccc(cc3)C(C)(C)c3ccc(cc3)OCCCN(S(=O)(=O)c3ccc(C)cc3)c3ccc(cc3)C(C)(C)c3ccc(cc3)C(C)(C)c3ccc2cc3)cc1. The van der Waals surface area contributed by atoms with E-state index in [0.29, 0.717) is 37.4 Å². The lowest BCUT2D eigenvalue weighted by molar-refractivity contribution is 0.313. The van der Waals surface area contributed by atoms with Crippen LogP contribution in [-0.2, 0) is 41.7 Å². The molecule has 0 fully saturated rings. The van der Waals surface area contributed by atoms with E-state index in [2.05, 4.69) is 128 Å². The normalized spacial score (nSPS) is 16.8. The van der Waals surface area contributed by atoms with E-state index in [0.717, 1.165) is 56.0 Å². The third kappa shape index (κ3) is 11.4. The van der Waals surface area contributed by atoms with Gasteiger partial charge < -0.3 is 9.47 Å². The maximum Gasteiger partial charge on any atom is 0.264 e. The fourth-order valence-electron chi connectivity index (χ4n) is 10.5. The molecule has 10 aliphatic heterocycles. The van der Waals surface area contributed by atoms with Gasteiger partial charge in [-0.3, -0.25) is 8.61 Å². The van der Waals surface area contributed by atoms with Gasteiger partial charge >= 0.3 is 0 Å². The Hall–Kier alpha value is -7.14. The Morgan fingerprint density at radius 2 is 0.538 bits per heavy atom. The summed E-state index contributed by atoms with van der Waals surface area (Å²) in [5, 5.41) is 0. The quantitative estimate of drug-likeness (QED) is 0.174. The second-order valence-electron chi connectivity index (χ2n) is 23.0. The van der Waals surface area contributed by atoms with Gasteiger partial charge in [-0.15, -0.1) is 0 Å². The van der Waals surface area contributed by atoms with Crippen LogP contribution in [0.3, 0.4) is 0 Å². The van der Waals surface area contributed by atoms with E-state index in [9.17, 15) is 16.8 Å². The van der Waals surface area contributed by atoms with E-state index in [-0.39, 0.29) is 33.7 Å². The minimum atomic E-state index is -3.92. The molecule has 0 atom stereocenters. The summed E-state index contributed by atoms with van der Waals surface area (Å²) in [5.41, 5.74) is 10.7. The molecule has 8 aromatic carbocycles. The number of hydrogen-bond acceptors (Lipinski definition) is 6. The highest BCUT2D eigenvalue weighted by Crippen LogP contribution is 2.40. The largest absolute Gasteiger partial charge is 0.494 e. The van der Waals surface area contributed by atoms with Crippen LogP contribution in [0.2, 0.25) is 0 Å². The maximum atomic E-state index is 14.5. The van der Waals surface area contributed by atoms with E-state index < -0.39 is 30.9 Å². The molecule has 404 valence electrons. The fraction of sp³-hybridized carbons (Fsp3) is 0.294. The van der Waals surface area contributed by atoms with E-state index in [4.69, 9.17) is 9.47 Å². The molecule has 10 heteroatoms. The van der Waals surface area contributed by atoms with E-state index >= 15 is 0 Å². The molecule has 18 rings (SSSR count). The van der Waals surface area contributed by atoms with Crippen molar-refractivity contribution in [2.24, 2.45) is 0 Å². The maximum absolute atomic E-state index is 14.5. The summed E-state index contributed by atoms with van der Waals surface area (Å²) in [7, 11) is -7.83. The molecule has 12 bridgehead atoms. The molecule has 0 saturated heterocycles. The number of benzene rings is 8. The van der Waals surface area contributed by atoms with Crippen LogP contribution in [0.4, 0.5) is 11.4 Å². The lowest BCUT2D eigenvalue weighted by atomic mass is 9.74. The molecule has 0 unspecified atom stereocenters. The first-order valence-corrected chi connectivity index (χ1v) is 30.0. The third-order valence-corrected chi connectivity index (χ3v) is 20.0. The van der Waals surface area contributed by atoms with Crippen molar-refractivity contribution in [3.63, 3.8) is 0 Å². The summed E-state index contributed by atoms with van der Waals surface area (Å²) >= 11 is 0. The van der Waals surface area contributed by atoms with Crippen molar-refractivity contribution in [1.82, 2.24) is 0 Å². The van der Waals surface area contributed by atoms with Gasteiger partial charge in [0.05, 0.1) is 34.4 Å². The van der Waals surface area contributed by atoms with Gasteiger partial charge in [0, 0.05) is 47.6 Å². The molecule has 8 aromatic rings. The van der Waals surface area contributed by atoms with Gasteiger partial charge in [-0.05, 0) is 131 Å². The van der Waals surface area contributed by atoms with E-state index in [1.54, 1.807) is 24.3 Å². The molecule has 78 heavy (non-hydrogen) atoms. The van der Waals surface area contributed by atoms with Crippen molar-refractivity contribution < 1.29 is 26.3 Å². The lowest BCUT2D eigenvalue weighted by Crippen LogP contribution is -2.33. The molecule has 0 aromatic heterocycles. The van der Waals surface area contributed by atoms with Crippen LogP contribution < -0.4 is 18.1 Å². The Bertz CT molecular complexity index is 3310. The average Bonchev–Trinajstić information content (AvgIpc) is 3.46.